The summed E-state index contributed by atoms with van der Waals surface area (Å²) in [7, 11) is -4.07. The van der Waals surface area contributed by atoms with Gasteiger partial charge < -0.3 is 9.64 Å². The average Bonchev–Trinajstić information content (AvgIpc) is 3.26. The second kappa shape index (κ2) is 9.53. The summed E-state index contributed by atoms with van der Waals surface area (Å²) in [5, 5.41) is 11.4. The van der Waals surface area contributed by atoms with E-state index in [0.29, 0.717) is 31.3 Å². The number of carbonyl (C=O) groups excluding carboxylic acids is 1. The molecule has 1 aliphatic carbocycles. The van der Waals surface area contributed by atoms with Gasteiger partial charge in [0.15, 0.2) is 0 Å². The van der Waals surface area contributed by atoms with E-state index < -0.39 is 27.5 Å². The summed E-state index contributed by atoms with van der Waals surface area (Å²) in [5.74, 6) is -0.313. The number of hydrogen-bond acceptors (Lipinski definition) is 7. The third kappa shape index (κ3) is 5.66. The van der Waals surface area contributed by atoms with E-state index >= 15 is 0 Å². The Morgan fingerprint density at radius 2 is 1.86 bits per heavy atom. The zero-order valence-corrected chi connectivity index (χ0v) is 17.2. The second-order valence-corrected chi connectivity index (χ2v) is 9.38. The second-order valence-electron chi connectivity index (χ2n) is 7.61. The zero-order valence-electron chi connectivity index (χ0n) is 16.3. The van der Waals surface area contributed by atoms with Gasteiger partial charge in [0.2, 0.25) is 10.0 Å². The quantitative estimate of drug-likeness (QED) is 0.386. The number of ether oxygens (including phenoxy) is 1. The van der Waals surface area contributed by atoms with Crippen LogP contribution in [0, 0.1) is 16.0 Å². The van der Waals surface area contributed by atoms with Crippen LogP contribution in [0.1, 0.15) is 44.9 Å². The van der Waals surface area contributed by atoms with Crippen molar-refractivity contribution in [1.29, 1.82) is 0 Å². The lowest BCUT2D eigenvalue weighted by atomic mass is 9.90. The van der Waals surface area contributed by atoms with Crippen LogP contribution in [0.2, 0.25) is 0 Å². The third-order valence-corrected chi connectivity index (χ3v) is 6.91. The average molecular weight is 426 g/mol. The number of esters is 1. The van der Waals surface area contributed by atoms with Gasteiger partial charge in [-0.05, 0) is 43.7 Å². The first-order chi connectivity index (χ1) is 13.9. The van der Waals surface area contributed by atoms with Crippen molar-refractivity contribution in [3.05, 3.63) is 28.3 Å². The Bertz CT molecular complexity index is 846. The first-order valence-corrected chi connectivity index (χ1v) is 11.5. The highest BCUT2D eigenvalue weighted by Crippen LogP contribution is 2.32. The normalized spacial score (nSPS) is 18.0. The summed E-state index contributed by atoms with van der Waals surface area (Å²) >= 11 is 0. The Kier molecular flexibility index (Phi) is 7.07. The summed E-state index contributed by atoms with van der Waals surface area (Å²) in [6.07, 6.45) is 7.39. The van der Waals surface area contributed by atoms with Crippen molar-refractivity contribution in [3.8, 4) is 0 Å². The van der Waals surface area contributed by atoms with Crippen molar-refractivity contribution in [1.82, 2.24) is 4.72 Å². The van der Waals surface area contributed by atoms with Crippen molar-refractivity contribution >= 4 is 27.4 Å². The van der Waals surface area contributed by atoms with E-state index in [9.17, 15) is 23.3 Å². The molecule has 1 aromatic carbocycles. The fraction of sp³-hybridized carbons (Fsp3) is 0.632. The third-order valence-electron chi connectivity index (χ3n) is 5.51. The molecular weight excluding hydrogens is 398 g/mol. The molecule has 10 heteroatoms. The number of nitrogens with one attached hydrogen (secondary N) is 1. The van der Waals surface area contributed by atoms with Gasteiger partial charge in [0.05, 0.1) is 16.4 Å². The molecule has 0 radical (unpaired) electrons. The molecule has 1 saturated heterocycles. The lowest BCUT2D eigenvalue weighted by molar-refractivity contribution is -0.384. The Hall–Kier alpha value is -2.20. The molecule has 0 spiro atoms. The van der Waals surface area contributed by atoms with Crippen LogP contribution in [0.3, 0.4) is 0 Å². The smallest absolute Gasteiger partial charge is 0.321 e. The fourth-order valence-electron chi connectivity index (χ4n) is 3.89. The molecule has 1 aromatic rings. The van der Waals surface area contributed by atoms with Crippen molar-refractivity contribution in [2.24, 2.45) is 5.92 Å². The molecule has 9 nitrogen and oxygen atoms in total. The van der Waals surface area contributed by atoms with E-state index in [1.54, 1.807) is 0 Å². The lowest BCUT2D eigenvalue weighted by Crippen LogP contribution is -2.31. The number of hydrogen-bond donors (Lipinski definition) is 1. The summed E-state index contributed by atoms with van der Waals surface area (Å²) in [6, 6.07) is 3.83. The Balaban J connectivity index is 1.61. The maximum absolute atomic E-state index is 12.5. The van der Waals surface area contributed by atoms with Crippen LogP contribution in [0.15, 0.2) is 23.1 Å². The number of nitro groups is 1. The highest BCUT2D eigenvalue weighted by atomic mass is 32.2. The monoisotopic (exact) mass is 425 g/mol. The van der Waals surface area contributed by atoms with Gasteiger partial charge in [0.1, 0.15) is 12.2 Å². The van der Waals surface area contributed by atoms with Gasteiger partial charge in [0.25, 0.3) is 5.69 Å². The van der Waals surface area contributed by atoms with E-state index in [-0.39, 0.29) is 10.6 Å². The molecule has 1 N–H and O–H groups in total. The van der Waals surface area contributed by atoms with Gasteiger partial charge in [-0.25, -0.2) is 8.42 Å². The number of anilines is 1. The highest BCUT2D eigenvalue weighted by Gasteiger charge is 2.26. The number of nitrogens with zero attached hydrogens (tertiary/aromatic N) is 2. The maximum Gasteiger partial charge on any atom is 0.321 e. The van der Waals surface area contributed by atoms with E-state index in [1.807, 2.05) is 4.90 Å². The topological polar surface area (TPSA) is 119 Å². The number of benzene rings is 1. The number of sulfonamides is 1. The SMILES string of the molecule is O=C(CNS(=O)(=O)c1ccc(N2CCCC2)c([N+](=O)[O-])c1)OCC1CCCCC1. The van der Waals surface area contributed by atoms with Gasteiger partial charge >= 0.3 is 5.97 Å². The molecule has 0 atom stereocenters. The van der Waals surface area contributed by atoms with Crippen LogP contribution in [0.5, 0.6) is 0 Å². The minimum atomic E-state index is -4.07. The standard InChI is InChI=1S/C19H27N3O6S/c23-19(28-14-15-6-2-1-3-7-15)13-20-29(26,27)16-8-9-17(18(12-16)22(24)25)21-10-4-5-11-21/h8-9,12,15,20H,1-7,10-11,13-14H2. The van der Waals surface area contributed by atoms with Gasteiger partial charge in [-0.1, -0.05) is 19.3 Å². The van der Waals surface area contributed by atoms with Gasteiger partial charge in [-0.15, -0.1) is 0 Å². The maximum atomic E-state index is 12.5. The van der Waals surface area contributed by atoms with E-state index in [1.165, 1.54) is 18.6 Å². The summed E-state index contributed by atoms with van der Waals surface area (Å²) in [5.41, 5.74) is 0.160. The fourth-order valence-corrected chi connectivity index (χ4v) is 4.88. The van der Waals surface area contributed by atoms with Crippen molar-refractivity contribution in [3.63, 3.8) is 0 Å². The van der Waals surface area contributed by atoms with Crippen LogP contribution >= 0.6 is 0 Å². The van der Waals surface area contributed by atoms with Crippen molar-refractivity contribution < 1.29 is 22.9 Å². The number of rotatable bonds is 8. The molecule has 0 aromatic heterocycles. The summed E-state index contributed by atoms with van der Waals surface area (Å²) < 4.78 is 32.3. The Morgan fingerprint density at radius 3 is 2.52 bits per heavy atom. The highest BCUT2D eigenvalue weighted by molar-refractivity contribution is 7.89. The van der Waals surface area contributed by atoms with E-state index in [0.717, 1.165) is 44.6 Å². The number of carbonyl (C=O) groups is 1. The molecule has 160 valence electrons. The van der Waals surface area contributed by atoms with Crippen molar-refractivity contribution in [2.45, 2.75) is 49.8 Å². The zero-order chi connectivity index (χ0) is 20.9. The van der Waals surface area contributed by atoms with Gasteiger partial charge in [0, 0.05) is 19.2 Å². The summed E-state index contributed by atoms with van der Waals surface area (Å²) in [4.78, 5) is 24.4. The Morgan fingerprint density at radius 1 is 1.17 bits per heavy atom. The van der Waals surface area contributed by atoms with Crippen LogP contribution in [-0.4, -0.2) is 45.6 Å². The molecule has 1 heterocycles. The van der Waals surface area contributed by atoms with Gasteiger partial charge in [-0.2, -0.15) is 4.72 Å². The molecule has 2 fully saturated rings. The number of nitro benzene ring substituents is 1. The molecule has 0 amide bonds. The molecule has 2 aliphatic rings. The van der Waals surface area contributed by atoms with E-state index in [2.05, 4.69) is 4.72 Å². The minimum absolute atomic E-state index is 0.243. The molecule has 29 heavy (non-hydrogen) atoms. The summed E-state index contributed by atoms with van der Waals surface area (Å²) in [6.45, 7) is 1.21. The van der Waals surface area contributed by atoms with Crippen LogP contribution in [-0.2, 0) is 19.6 Å². The molecule has 3 rings (SSSR count). The molecular formula is C19H27N3O6S. The van der Waals surface area contributed by atoms with E-state index in [4.69, 9.17) is 4.74 Å². The first kappa shape index (κ1) is 21.5. The van der Waals surface area contributed by atoms with Crippen LogP contribution < -0.4 is 9.62 Å². The van der Waals surface area contributed by atoms with Crippen molar-refractivity contribution in [2.75, 3.05) is 31.1 Å². The molecule has 0 bridgehead atoms. The Labute approximate surface area is 170 Å². The predicted octanol–water partition coefficient (Wildman–Crippen LogP) is 2.60. The first-order valence-electron chi connectivity index (χ1n) is 10.1. The largest absolute Gasteiger partial charge is 0.464 e. The predicted molar refractivity (Wildman–Crippen MR) is 107 cm³/mol. The molecule has 1 aliphatic heterocycles. The lowest BCUT2D eigenvalue weighted by Gasteiger charge is -2.21. The van der Waals surface area contributed by atoms with Crippen LogP contribution in [0.25, 0.3) is 0 Å². The van der Waals surface area contributed by atoms with Crippen LogP contribution in [0.4, 0.5) is 11.4 Å². The molecule has 1 saturated carbocycles. The van der Waals surface area contributed by atoms with Gasteiger partial charge in [-0.3, -0.25) is 14.9 Å². The minimum Gasteiger partial charge on any atom is -0.464 e. The molecule has 0 unspecified atom stereocenters.